The maximum absolute atomic E-state index is 4.85. The van der Waals surface area contributed by atoms with Crippen molar-refractivity contribution in [1.82, 2.24) is 15.2 Å². The van der Waals surface area contributed by atoms with Crippen LogP contribution in [0, 0.1) is 5.92 Å². The second-order valence-corrected chi connectivity index (χ2v) is 7.16. The third-order valence-electron chi connectivity index (χ3n) is 4.44. The van der Waals surface area contributed by atoms with Crippen LogP contribution in [0.2, 0.25) is 0 Å². The molecule has 0 unspecified atom stereocenters. The summed E-state index contributed by atoms with van der Waals surface area (Å²) in [4.78, 5) is 7.48. The maximum Gasteiger partial charge on any atom is 0.0547 e. The molecule has 3 nitrogen and oxygen atoms in total. The molecule has 2 fully saturated rings. The summed E-state index contributed by atoms with van der Waals surface area (Å²) in [5.74, 6) is 0.785. The highest BCUT2D eigenvalue weighted by molar-refractivity contribution is 5.12. The minimum absolute atomic E-state index is 0.754. The van der Waals surface area contributed by atoms with Crippen molar-refractivity contribution in [3.63, 3.8) is 0 Å². The van der Waals surface area contributed by atoms with Gasteiger partial charge in [0.1, 0.15) is 0 Å². The van der Waals surface area contributed by atoms with Crippen LogP contribution in [0.4, 0.5) is 0 Å². The molecule has 0 radical (unpaired) electrons. The van der Waals surface area contributed by atoms with E-state index in [1.165, 1.54) is 50.0 Å². The number of rotatable bonds is 9. The molecular weight excluding hydrogens is 258 g/mol. The zero-order valence-electron chi connectivity index (χ0n) is 13.5. The first kappa shape index (κ1) is 15.0. The van der Waals surface area contributed by atoms with Gasteiger partial charge in [0, 0.05) is 25.2 Å². The summed E-state index contributed by atoms with van der Waals surface area (Å²) in [6, 6.07) is 8.07. The molecule has 1 N–H and O–H groups in total. The number of nitrogens with one attached hydrogen (secondary N) is 1. The van der Waals surface area contributed by atoms with E-state index in [2.05, 4.69) is 42.3 Å². The van der Waals surface area contributed by atoms with Gasteiger partial charge >= 0.3 is 0 Å². The normalized spacial score (nSPS) is 18.7. The van der Waals surface area contributed by atoms with Gasteiger partial charge in [0.25, 0.3) is 0 Å². The van der Waals surface area contributed by atoms with Crippen LogP contribution in [-0.2, 0) is 13.1 Å². The first-order valence-corrected chi connectivity index (χ1v) is 8.63. The van der Waals surface area contributed by atoms with E-state index in [9.17, 15) is 0 Å². The number of aromatic nitrogens is 1. The lowest BCUT2D eigenvalue weighted by Gasteiger charge is -2.22. The minimum Gasteiger partial charge on any atom is -0.308 e. The van der Waals surface area contributed by atoms with Crippen LogP contribution in [0.15, 0.2) is 18.2 Å². The molecule has 1 aromatic heterocycles. The van der Waals surface area contributed by atoms with Crippen LogP contribution in [0.25, 0.3) is 0 Å². The lowest BCUT2D eigenvalue weighted by Crippen LogP contribution is -2.28. The number of pyridine rings is 1. The fraction of sp³-hybridized carbons (Fsp3) is 0.722. The average molecular weight is 287 g/mol. The highest BCUT2D eigenvalue weighted by Gasteiger charge is 2.29. The van der Waals surface area contributed by atoms with Crippen LogP contribution < -0.4 is 5.32 Å². The summed E-state index contributed by atoms with van der Waals surface area (Å²) in [6.45, 7) is 7.79. The second-order valence-electron chi connectivity index (χ2n) is 7.16. The highest BCUT2D eigenvalue weighted by Crippen LogP contribution is 2.28. The molecule has 3 rings (SSSR count). The molecule has 2 saturated carbocycles. The van der Waals surface area contributed by atoms with E-state index in [1.54, 1.807) is 0 Å². The standard InChI is InChI=1S/C18H29N3/c1-14(2)10-11-21(18-8-9-18)13-17-5-3-4-16(20-17)12-19-15-6-7-15/h3-5,14-15,18-19H,6-13H2,1-2H3. The Labute approximate surface area is 129 Å². The molecule has 0 aromatic carbocycles. The summed E-state index contributed by atoms with van der Waals surface area (Å²) in [7, 11) is 0. The Morgan fingerprint density at radius 1 is 1.19 bits per heavy atom. The number of hydrogen-bond donors (Lipinski definition) is 1. The van der Waals surface area contributed by atoms with Crippen LogP contribution in [-0.4, -0.2) is 28.5 Å². The third-order valence-corrected chi connectivity index (χ3v) is 4.44. The van der Waals surface area contributed by atoms with Crippen LogP contribution in [0.5, 0.6) is 0 Å². The lowest BCUT2D eigenvalue weighted by atomic mass is 10.1. The third kappa shape index (κ3) is 5.08. The molecule has 0 amide bonds. The topological polar surface area (TPSA) is 28.2 Å². The quantitative estimate of drug-likeness (QED) is 0.755. The van der Waals surface area contributed by atoms with E-state index >= 15 is 0 Å². The summed E-state index contributed by atoms with van der Waals surface area (Å²) < 4.78 is 0. The molecule has 2 aliphatic rings. The van der Waals surface area contributed by atoms with Gasteiger partial charge in [-0.05, 0) is 56.7 Å². The van der Waals surface area contributed by atoms with Gasteiger partial charge in [-0.25, -0.2) is 0 Å². The Morgan fingerprint density at radius 3 is 2.62 bits per heavy atom. The van der Waals surface area contributed by atoms with Gasteiger partial charge in [-0.3, -0.25) is 9.88 Å². The van der Waals surface area contributed by atoms with E-state index in [-0.39, 0.29) is 0 Å². The first-order valence-electron chi connectivity index (χ1n) is 8.63. The smallest absolute Gasteiger partial charge is 0.0547 e. The SMILES string of the molecule is CC(C)CCN(Cc1cccc(CNC2CC2)n1)C1CC1. The highest BCUT2D eigenvalue weighted by atomic mass is 15.2. The molecule has 21 heavy (non-hydrogen) atoms. The predicted octanol–water partition coefficient (Wildman–Crippen LogP) is 3.34. The number of nitrogens with zero attached hydrogens (tertiary/aromatic N) is 2. The van der Waals surface area contributed by atoms with Gasteiger partial charge in [-0.15, -0.1) is 0 Å². The molecule has 0 aliphatic heterocycles. The Hall–Kier alpha value is -0.930. The monoisotopic (exact) mass is 287 g/mol. The van der Waals surface area contributed by atoms with Crippen molar-refractivity contribution in [2.45, 2.75) is 71.1 Å². The molecule has 0 spiro atoms. The summed E-state index contributed by atoms with van der Waals surface area (Å²) >= 11 is 0. The Morgan fingerprint density at radius 2 is 1.95 bits per heavy atom. The molecule has 1 heterocycles. The van der Waals surface area contributed by atoms with E-state index in [1.807, 2.05) is 0 Å². The summed E-state index contributed by atoms with van der Waals surface area (Å²) in [5, 5.41) is 3.55. The molecule has 0 saturated heterocycles. The first-order chi connectivity index (χ1) is 10.2. The van der Waals surface area contributed by atoms with Crippen LogP contribution in [0.3, 0.4) is 0 Å². The molecular formula is C18H29N3. The lowest BCUT2D eigenvalue weighted by molar-refractivity contribution is 0.236. The molecule has 2 aliphatic carbocycles. The Kier molecular flexibility index (Phi) is 4.91. The second kappa shape index (κ2) is 6.89. The van der Waals surface area contributed by atoms with Gasteiger partial charge in [0.15, 0.2) is 0 Å². The molecule has 116 valence electrons. The average Bonchev–Trinajstić information content (AvgIpc) is 3.35. The van der Waals surface area contributed by atoms with Crippen LogP contribution >= 0.6 is 0 Å². The number of hydrogen-bond acceptors (Lipinski definition) is 3. The fourth-order valence-electron chi connectivity index (χ4n) is 2.71. The summed E-state index contributed by atoms with van der Waals surface area (Å²) in [6.07, 6.45) is 6.72. The van der Waals surface area contributed by atoms with Crippen molar-refractivity contribution in [3.8, 4) is 0 Å². The van der Waals surface area contributed by atoms with Crippen molar-refractivity contribution < 1.29 is 0 Å². The summed E-state index contributed by atoms with van der Waals surface area (Å²) in [5.41, 5.74) is 2.43. The van der Waals surface area contributed by atoms with Crippen molar-refractivity contribution in [1.29, 1.82) is 0 Å². The van der Waals surface area contributed by atoms with Gasteiger partial charge in [0.05, 0.1) is 11.4 Å². The van der Waals surface area contributed by atoms with Crippen molar-refractivity contribution in [3.05, 3.63) is 29.6 Å². The fourth-order valence-corrected chi connectivity index (χ4v) is 2.71. The van der Waals surface area contributed by atoms with Gasteiger partial charge in [-0.2, -0.15) is 0 Å². The van der Waals surface area contributed by atoms with E-state index < -0.39 is 0 Å². The van der Waals surface area contributed by atoms with Gasteiger partial charge < -0.3 is 5.32 Å². The van der Waals surface area contributed by atoms with E-state index in [0.717, 1.165) is 31.1 Å². The zero-order valence-corrected chi connectivity index (χ0v) is 13.5. The Balaban J connectivity index is 1.54. The molecule has 3 heteroatoms. The van der Waals surface area contributed by atoms with E-state index in [4.69, 9.17) is 4.98 Å². The minimum atomic E-state index is 0.754. The van der Waals surface area contributed by atoms with Crippen molar-refractivity contribution >= 4 is 0 Å². The van der Waals surface area contributed by atoms with Crippen molar-refractivity contribution in [2.75, 3.05) is 6.54 Å². The molecule has 0 bridgehead atoms. The van der Waals surface area contributed by atoms with Crippen LogP contribution in [0.1, 0.15) is 57.3 Å². The predicted molar refractivity (Wildman–Crippen MR) is 87.0 cm³/mol. The largest absolute Gasteiger partial charge is 0.308 e. The molecule has 0 atom stereocenters. The molecule has 1 aromatic rings. The van der Waals surface area contributed by atoms with Gasteiger partial charge in [-0.1, -0.05) is 19.9 Å². The van der Waals surface area contributed by atoms with Gasteiger partial charge in [0.2, 0.25) is 0 Å². The zero-order chi connectivity index (χ0) is 14.7. The van der Waals surface area contributed by atoms with E-state index in [0.29, 0.717) is 0 Å². The maximum atomic E-state index is 4.85. The Bertz CT molecular complexity index is 450. The van der Waals surface area contributed by atoms with Crippen molar-refractivity contribution in [2.24, 2.45) is 5.92 Å².